The molecule has 164 valence electrons. The van der Waals surface area contributed by atoms with Gasteiger partial charge in [0.1, 0.15) is 0 Å². The Hall–Kier alpha value is -2.95. The van der Waals surface area contributed by atoms with E-state index in [1.807, 2.05) is 17.0 Å². The molecule has 2 aliphatic rings. The molecule has 2 aromatic carbocycles. The van der Waals surface area contributed by atoms with E-state index in [0.29, 0.717) is 45.1 Å². The fourth-order valence-electron chi connectivity index (χ4n) is 3.55. The summed E-state index contributed by atoms with van der Waals surface area (Å²) in [5.41, 5.74) is 1.73. The Balaban J connectivity index is 1.45. The Labute approximate surface area is 181 Å². The van der Waals surface area contributed by atoms with E-state index < -0.39 is 15.9 Å². The molecule has 0 aliphatic carbocycles. The molecule has 0 aromatic heterocycles. The number of ether oxygens (including phenoxy) is 1. The first-order valence-corrected chi connectivity index (χ1v) is 11.5. The van der Waals surface area contributed by atoms with E-state index in [1.54, 1.807) is 24.3 Å². The molecule has 0 radical (unpaired) electrons. The number of rotatable bonds is 5. The molecule has 2 aromatic rings. The highest BCUT2D eigenvalue weighted by Gasteiger charge is 2.27. The van der Waals surface area contributed by atoms with Gasteiger partial charge in [-0.2, -0.15) is 4.31 Å². The highest BCUT2D eigenvalue weighted by molar-refractivity contribution is 7.89. The second kappa shape index (κ2) is 9.04. The first kappa shape index (κ1) is 21.3. The van der Waals surface area contributed by atoms with Gasteiger partial charge in [-0.15, -0.1) is 0 Å². The number of hydrogen-bond acceptors (Lipinski definition) is 6. The summed E-state index contributed by atoms with van der Waals surface area (Å²) in [5, 5.41) is 5.57. The zero-order valence-corrected chi connectivity index (χ0v) is 17.7. The number of carbonyl (C=O) groups excluding carboxylic acids is 2. The number of nitrogens with zero attached hydrogens (tertiary/aromatic N) is 2. The predicted molar refractivity (Wildman–Crippen MR) is 116 cm³/mol. The molecule has 2 heterocycles. The van der Waals surface area contributed by atoms with Gasteiger partial charge in [-0.25, -0.2) is 8.42 Å². The summed E-state index contributed by atoms with van der Waals surface area (Å²) in [5.74, 6) is -0.417. The number of piperazine rings is 1. The smallest absolute Gasteiger partial charge is 0.255 e. The molecule has 2 N–H and O–H groups in total. The molecule has 0 atom stereocenters. The minimum absolute atomic E-state index is 0.0180. The highest BCUT2D eigenvalue weighted by atomic mass is 32.2. The van der Waals surface area contributed by atoms with Gasteiger partial charge in [0, 0.05) is 43.1 Å². The van der Waals surface area contributed by atoms with Crippen LogP contribution >= 0.6 is 0 Å². The quantitative estimate of drug-likeness (QED) is 0.709. The van der Waals surface area contributed by atoms with Crippen LogP contribution in [0.1, 0.15) is 10.4 Å². The van der Waals surface area contributed by atoms with Gasteiger partial charge in [-0.1, -0.05) is 6.07 Å². The van der Waals surface area contributed by atoms with Crippen molar-refractivity contribution in [1.29, 1.82) is 0 Å². The van der Waals surface area contributed by atoms with Crippen LogP contribution in [0.15, 0.2) is 53.4 Å². The van der Waals surface area contributed by atoms with Gasteiger partial charge in [-0.3, -0.25) is 9.59 Å². The van der Waals surface area contributed by atoms with Crippen LogP contribution in [0.4, 0.5) is 11.4 Å². The largest absolute Gasteiger partial charge is 0.379 e. The Kier molecular flexibility index (Phi) is 6.21. The molecule has 2 fully saturated rings. The average Bonchev–Trinajstić information content (AvgIpc) is 2.80. The third-order valence-electron chi connectivity index (χ3n) is 5.23. The minimum Gasteiger partial charge on any atom is -0.379 e. The van der Waals surface area contributed by atoms with E-state index in [4.69, 9.17) is 4.74 Å². The van der Waals surface area contributed by atoms with Crippen LogP contribution in [0.25, 0.3) is 0 Å². The predicted octanol–water partition coefficient (Wildman–Crippen LogP) is 0.896. The number of sulfonamides is 1. The maximum Gasteiger partial charge on any atom is 0.255 e. The van der Waals surface area contributed by atoms with Crippen molar-refractivity contribution in [3.8, 4) is 0 Å². The maximum atomic E-state index is 12.8. The first-order chi connectivity index (χ1) is 14.9. The van der Waals surface area contributed by atoms with Crippen LogP contribution in [-0.4, -0.2) is 70.5 Å². The van der Waals surface area contributed by atoms with Crippen molar-refractivity contribution in [1.82, 2.24) is 9.62 Å². The van der Waals surface area contributed by atoms with E-state index in [0.717, 1.165) is 12.2 Å². The van der Waals surface area contributed by atoms with Crippen molar-refractivity contribution in [2.24, 2.45) is 0 Å². The Bertz CT molecular complexity index is 1070. The van der Waals surface area contributed by atoms with Crippen molar-refractivity contribution >= 4 is 33.2 Å². The first-order valence-electron chi connectivity index (χ1n) is 10.0. The van der Waals surface area contributed by atoms with Crippen LogP contribution in [0.5, 0.6) is 0 Å². The van der Waals surface area contributed by atoms with Gasteiger partial charge in [-0.05, 0) is 42.5 Å². The maximum absolute atomic E-state index is 12.8. The number of carbonyl (C=O) groups is 2. The molecular weight excluding hydrogens is 420 g/mol. The van der Waals surface area contributed by atoms with Gasteiger partial charge in [0.15, 0.2) is 0 Å². The van der Waals surface area contributed by atoms with E-state index in [1.165, 1.54) is 16.4 Å². The van der Waals surface area contributed by atoms with Gasteiger partial charge < -0.3 is 20.3 Å². The van der Waals surface area contributed by atoms with Crippen LogP contribution in [0, 0.1) is 0 Å². The lowest BCUT2D eigenvalue weighted by Gasteiger charge is -2.28. The van der Waals surface area contributed by atoms with Crippen LogP contribution in [0.3, 0.4) is 0 Å². The number of hydrogen-bond donors (Lipinski definition) is 2. The summed E-state index contributed by atoms with van der Waals surface area (Å²) in [6.45, 7) is 2.93. The standard InChI is InChI=1S/C21H24N4O5S/c26-20-15-24(9-8-22-20)18-6-4-17(5-7-18)23-21(27)16-2-1-3-19(14-16)31(28,29)25-10-12-30-13-11-25/h1-7,14H,8-13,15H2,(H,22,26)(H,23,27). The number of nitrogens with one attached hydrogen (secondary N) is 2. The topological polar surface area (TPSA) is 108 Å². The molecule has 0 unspecified atom stereocenters. The molecule has 4 rings (SSSR count). The number of benzene rings is 2. The van der Waals surface area contributed by atoms with Crippen molar-refractivity contribution in [3.63, 3.8) is 0 Å². The molecule has 2 amide bonds. The summed E-state index contributed by atoms with van der Waals surface area (Å²) >= 11 is 0. The molecule has 31 heavy (non-hydrogen) atoms. The lowest BCUT2D eigenvalue weighted by atomic mass is 10.2. The van der Waals surface area contributed by atoms with E-state index in [2.05, 4.69) is 10.6 Å². The van der Waals surface area contributed by atoms with Crippen molar-refractivity contribution in [2.75, 3.05) is 56.2 Å². The Morgan fingerprint density at radius 1 is 1.03 bits per heavy atom. The summed E-state index contributed by atoms with van der Waals surface area (Å²) in [4.78, 5) is 26.3. The van der Waals surface area contributed by atoms with Crippen LogP contribution < -0.4 is 15.5 Å². The summed E-state index contributed by atoms with van der Waals surface area (Å²) in [6, 6.07) is 13.2. The molecule has 0 saturated carbocycles. The molecule has 0 spiro atoms. The fourth-order valence-corrected chi connectivity index (χ4v) is 5.01. The molecule has 10 heteroatoms. The van der Waals surface area contributed by atoms with Gasteiger partial charge in [0.25, 0.3) is 5.91 Å². The second-order valence-electron chi connectivity index (χ2n) is 7.32. The number of morpholine rings is 1. The monoisotopic (exact) mass is 444 g/mol. The zero-order valence-electron chi connectivity index (χ0n) is 16.9. The van der Waals surface area contributed by atoms with E-state index >= 15 is 0 Å². The van der Waals surface area contributed by atoms with Gasteiger partial charge >= 0.3 is 0 Å². The summed E-state index contributed by atoms with van der Waals surface area (Å²) in [7, 11) is -3.68. The zero-order chi connectivity index (χ0) is 21.8. The molecule has 0 bridgehead atoms. The summed E-state index contributed by atoms with van der Waals surface area (Å²) < 4.78 is 32.3. The summed E-state index contributed by atoms with van der Waals surface area (Å²) in [6.07, 6.45) is 0. The number of amides is 2. The second-order valence-corrected chi connectivity index (χ2v) is 9.25. The molecule has 2 saturated heterocycles. The van der Waals surface area contributed by atoms with Crippen molar-refractivity contribution in [3.05, 3.63) is 54.1 Å². The lowest BCUT2D eigenvalue weighted by molar-refractivity contribution is -0.120. The Morgan fingerprint density at radius 2 is 1.77 bits per heavy atom. The molecular formula is C21H24N4O5S. The minimum atomic E-state index is -3.68. The fraction of sp³-hybridized carbons (Fsp3) is 0.333. The van der Waals surface area contributed by atoms with E-state index in [9.17, 15) is 18.0 Å². The van der Waals surface area contributed by atoms with Gasteiger partial charge in [0.05, 0.1) is 24.7 Å². The van der Waals surface area contributed by atoms with Crippen molar-refractivity contribution in [2.45, 2.75) is 4.90 Å². The highest BCUT2D eigenvalue weighted by Crippen LogP contribution is 2.21. The lowest BCUT2D eigenvalue weighted by Crippen LogP contribution is -2.47. The van der Waals surface area contributed by atoms with E-state index in [-0.39, 0.29) is 16.4 Å². The molecule has 2 aliphatic heterocycles. The normalized spacial score (nSPS) is 17.8. The third-order valence-corrected chi connectivity index (χ3v) is 7.13. The van der Waals surface area contributed by atoms with Gasteiger partial charge in [0.2, 0.25) is 15.9 Å². The number of anilines is 2. The SMILES string of the molecule is O=C1CN(c2ccc(NC(=O)c3cccc(S(=O)(=O)N4CCOCC4)c3)cc2)CCN1. The van der Waals surface area contributed by atoms with Crippen LogP contribution in [-0.2, 0) is 19.6 Å². The third kappa shape index (κ3) is 4.87. The average molecular weight is 445 g/mol. The molecule has 9 nitrogen and oxygen atoms in total. The Morgan fingerprint density at radius 3 is 2.48 bits per heavy atom. The van der Waals surface area contributed by atoms with Crippen LogP contribution in [0.2, 0.25) is 0 Å². The van der Waals surface area contributed by atoms with Crippen molar-refractivity contribution < 1.29 is 22.7 Å².